The van der Waals surface area contributed by atoms with Gasteiger partial charge in [0.15, 0.2) is 0 Å². The summed E-state index contributed by atoms with van der Waals surface area (Å²) in [5, 5.41) is 11.4. The van der Waals surface area contributed by atoms with Gasteiger partial charge in [-0.1, -0.05) is 18.2 Å². The van der Waals surface area contributed by atoms with Crippen molar-refractivity contribution in [1.29, 1.82) is 0 Å². The van der Waals surface area contributed by atoms with E-state index < -0.39 is 0 Å². The molecule has 0 radical (unpaired) electrons. The number of benzene rings is 2. The number of thioether (sulfide) groups is 1. The molecule has 1 N–H and O–H groups in total. The summed E-state index contributed by atoms with van der Waals surface area (Å²) >= 11 is 1.66. The van der Waals surface area contributed by atoms with Crippen molar-refractivity contribution in [2.75, 3.05) is 6.61 Å². The van der Waals surface area contributed by atoms with Crippen LogP contribution in [0.5, 0.6) is 5.75 Å². The number of esters is 1. The number of aryl methyl sites for hydroxylation is 1. The second kappa shape index (κ2) is 9.90. The van der Waals surface area contributed by atoms with Crippen molar-refractivity contribution in [2.45, 2.75) is 17.6 Å². The summed E-state index contributed by atoms with van der Waals surface area (Å²) in [6.45, 7) is 2.09. The van der Waals surface area contributed by atoms with Crippen LogP contribution >= 0.6 is 24.2 Å². The summed E-state index contributed by atoms with van der Waals surface area (Å²) in [5.41, 5.74) is 3.80. The summed E-state index contributed by atoms with van der Waals surface area (Å²) in [7, 11) is 1.94. The minimum absolute atomic E-state index is 0. The molecule has 2 aromatic carbocycles. The third-order valence-corrected chi connectivity index (χ3v) is 6.05. The number of ether oxygens (including phenoxy) is 1. The normalized spacial score (nSPS) is 10.6. The number of pyridine rings is 1. The number of rotatable bonds is 6. The van der Waals surface area contributed by atoms with Crippen LogP contribution in [0.15, 0.2) is 71.9 Å². The number of carbonyl (C=O) groups excluding carboxylic acids is 1. The van der Waals surface area contributed by atoms with E-state index in [2.05, 4.69) is 4.98 Å². The molecule has 4 rings (SSSR count). The van der Waals surface area contributed by atoms with E-state index in [1.807, 2.05) is 60.1 Å². The molecule has 0 aliphatic heterocycles. The number of aromatic hydroxyl groups is 1. The number of phenols is 1. The SMILES string of the molecule is CCOC(=O)c1c(CSc2ccccc2)n(C)c2cc(-c3ccncc3)c(O)cc12.Cl. The molecule has 4 aromatic rings. The van der Waals surface area contributed by atoms with Crippen molar-refractivity contribution in [3.05, 3.63) is 78.2 Å². The molecule has 7 heteroatoms. The molecule has 0 saturated carbocycles. The van der Waals surface area contributed by atoms with Gasteiger partial charge in [0.1, 0.15) is 5.75 Å². The quantitative estimate of drug-likeness (QED) is 0.293. The molecule has 2 aromatic heterocycles. The maximum Gasteiger partial charge on any atom is 0.340 e. The molecule has 0 saturated heterocycles. The van der Waals surface area contributed by atoms with Crippen LogP contribution in [0, 0.1) is 0 Å². The highest BCUT2D eigenvalue weighted by molar-refractivity contribution is 7.98. The molecule has 0 amide bonds. The van der Waals surface area contributed by atoms with Gasteiger partial charge in [0.05, 0.1) is 12.2 Å². The molecule has 0 unspecified atom stereocenters. The van der Waals surface area contributed by atoms with Gasteiger partial charge in [-0.05, 0) is 48.9 Å². The van der Waals surface area contributed by atoms with Crippen molar-refractivity contribution in [3.63, 3.8) is 0 Å². The van der Waals surface area contributed by atoms with Gasteiger partial charge in [-0.15, -0.1) is 24.2 Å². The van der Waals surface area contributed by atoms with Crippen molar-refractivity contribution in [1.82, 2.24) is 9.55 Å². The molecule has 0 spiro atoms. The molecule has 0 bridgehead atoms. The van der Waals surface area contributed by atoms with E-state index in [1.165, 1.54) is 0 Å². The second-order valence-corrected chi connectivity index (χ2v) is 7.87. The Bertz CT molecular complexity index is 1190. The zero-order chi connectivity index (χ0) is 21.1. The van der Waals surface area contributed by atoms with E-state index in [0.29, 0.717) is 28.9 Å². The highest BCUT2D eigenvalue weighted by Crippen LogP contribution is 2.38. The fourth-order valence-electron chi connectivity index (χ4n) is 3.55. The maximum atomic E-state index is 12.8. The number of hydrogen-bond acceptors (Lipinski definition) is 5. The van der Waals surface area contributed by atoms with Crippen LogP contribution in [0.3, 0.4) is 0 Å². The van der Waals surface area contributed by atoms with E-state index in [9.17, 15) is 9.90 Å². The first kappa shape index (κ1) is 22.7. The first-order chi connectivity index (χ1) is 14.6. The number of carbonyl (C=O) groups is 1. The van der Waals surface area contributed by atoms with Gasteiger partial charge in [-0.25, -0.2) is 4.79 Å². The number of hydrogen-bond donors (Lipinski definition) is 1. The number of aromatic nitrogens is 2. The number of nitrogens with zero attached hydrogens (tertiary/aromatic N) is 2. The first-order valence-electron chi connectivity index (χ1n) is 9.69. The van der Waals surface area contributed by atoms with E-state index in [1.54, 1.807) is 37.1 Å². The Hall–Kier alpha value is -2.96. The fraction of sp³-hybridized carbons (Fsp3) is 0.167. The van der Waals surface area contributed by atoms with Gasteiger partial charge in [0.25, 0.3) is 0 Å². The lowest BCUT2D eigenvalue weighted by Gasteiger charge is -2.08. The Morgan fingerprint density at radius 1 is 1.13 bits per heavy atom. The van der Waals surface area contributed by atoms with Crippen molar-refractivity contribution >= 4 is 41.0 Å². The lowest BCUT2D eigenvalue weighted by atomic mass is 10.0. The molecule has 0 fully saturated rings. The summed E-state index contributed by atoms with van der Waals surface area (Å²) < 4.78 is 7.36. The van der Waals surface area contributed by atoms with Crippen LogP contribution in [0.4, 0.5) is 0 Å². The number of halogens is 1. The molecular formula is C24H23ClN2O3S. The van der Waals surface area contributed by atoms with Gasteiger partial charge >= 0.3 is 5.97 Å². The predicted molar refractivity (Wildman–Crippen MR) is 127 cm³/mol. The summed E-state index contributed by atoms with van der Waals surface area (Å²) in [6.07, 6.45) is 3.38. The number of phenolic OH excluding ortho intramolecular Hbond substituents is 1. The minimum atomic E-state index is -0.372. The van der Waals surface area contributed by atoms with E-state index in [-0.39, 0.29) is 24.1 Å². The fourth-order valence-corrected chi connectivity index (χ4v) is 4.55. The molecule has 31 heavy (non-hydrogen) atoms. The Balaban J connectivity index is 0.00000272. The van der Waals surface area contributed by atoms with Crippen molar-refractivity contribution < 1.29 is 14.6 Å². The monoisotopic (exact) mass is 454 g/mol. The van der Waals surface area contributed by atoms with Crippen LogP contribution in [0.25, 0.3) is 22.0 Å². The van der Waals surface area contributed by atoms with Crippen molar-refractivity contribution in [3.8, 4) is 16.9 Å². The molecule has 0 aliphatic carbocycles. The molecule has 0 atom stereocenters. The van der Waals surface area contributed by atoms with Crippen LogP contribution < -0.4 is 0 Å². The van der Waals surface area contributed by atoms with Crippen molar-refractivity contribution in [2.24, 2.45) is 7.05 Å². The third-order valence-electron chi connectivity index (χ3n) is 5.03. The largest absolute Gasteiger partial charge is 0.507 e. The first-order valence-corrected chi connectivity index (χ1v) is 10.7. The van der Waals surface area contributed by atoms with Gasteiger partial charge in [-0.3, -0.25) is 4.98 Å². The van der Waals surface area contributed by atoms with Gasteiger partial charge in [0.2, 0.25) is 0 Å². The van der Waals surface area contributed by atoms with Crippen LogP contribution in [-0.4, -0.2) is 27.2 Å². The van der Waals surface area contributed by atoms with E-state index in [0.717, 1.165) is 21.7 Å². The lowest BCUT2D eigenvalue weighted by molar-refractivity contribution is 0.0527. The highest BCUT2D eigenvalue weighted by atomic mass is 35.5. The molecule has 2 heterocycles. The number of fused-ring (bicyclic) bond motifs is 1. The molecule has 0 aliphatic rings. The van der Waals surface area contributed by atoms with E-state index in [4.69, 9.17) is 4.74 Å². The Labute approximate surface area is 191 Å². The Kier molecular flexibility index (Phi) is 7.25. The Morgan fingerprint density at radius 3 is 2.52 bits per heavy atom. The van der Waals surface area contributed by atoms with E-state index >= 15 is 0 Å². The topological polar surface area (TPSA) is 64.4 Å². The van der Waals surface area contributed by atoms with Crippen LogP contribution in [-0.2, 0) is 17.5 Å². The summed E-state index contributed by atoms with van der Waals surface area (Å²) in [4.78, 5) is 18.0. The maximum absolute atomic E-state index is 12.8. The predicted octanol–water partition coefficient (Wildman–Crippen LogP) is 5.84. The summed E-state index contributed by atoms with van der Waals surface area (Å²) in [5.74, 6) is 0.351. The zero-order valence-electron chi connectivity index (χ0n) is 17.2. The minimum Gasteiger partial charge on any atom is -0.507 e. The van der Waals surface area contributed by atoms with Gasteiger partial charge in [-0.2, -0.15) is 0 Å². The third kappa shape index (κ3) is 4.55. The van der Waals surface area contributed by atoms with Gasteiger partial charge < -0.3 is 14.4 Å². The molecule has 5 nitrogen and oxygen atoms in total. The summed E-state index contributed by atoms with van der Waals surface area (Å²) in [6, 6.07) is 17.3. The lowest BCUT2D eigenvalue weighted by Crippen LogP contribution is -2.08. The molecule has 160 valence electrons. The zero-order valence-corrected chi connectivity index (χ0v) is 18.9. The smallest absolute Gasteiger partial charge is 0.340 e. The molecular weight excluding hydrogens is 432 g/mol. The van der Waals surface area contributed by atoms with Gasteiger partial charge in [0, 0.05) is 52.3 Å². The standard InChI is InChI=1S/C24H22N2O3S.ClH/c1-3-29-24(28)23-19-14-22(27)18(16-9-11-25-12-10-16)13-20(19)26(2)21(23)15-30-17-7-5-4-6-8-17;/h4-14,27H,3,15H2,1-2H3;1H. The van der Waals surface area contributed by atoms with Crippen LogP contribution in [0.1, 0.15) is 23.0 Å². The Morgan fingerprint density at radius 2 is 1.84 bits per heavy atom. The average Bonchev–Trinajstić information content (AvgIpc) is 3.04. The highest BCUT2D eigenvalue weighted by Gasteiger charge is 2.24. The average molecular weight is 455 g/mol. The second-order valence-electron chi connectivity index (χ2n) is 6.83. The van der Waals surface area contributed by atoms with Crippen LogP contribution in [0.2, 0.25) is 0 Å².